The molecule has 0 saturated heterocycles. The van der Waals surface area contributed by atoms with Crippen molar-refractivity contribution in [2.75, 3.05) is 7.11 Å². The number of hydrogen-bond acceptors (Lipinski definition) is 3. The van der Waals surface area contributed by atoms with E-state index in [1.54, 1.807) is 13.2 Å². The highest BCUT2D eigenvalue weighted by Gasteiger charge is 2.11. The zero-order chi connectivity index (χ0) is 13.1. The minimum Gasteiger partial charge on any atom is -0.497 e. The molecule has 0 aliphatic carbocycles. The Morgan fingerprint density at radius 1 is 1.33 bits per heavy atom. The summed E-state index contributed by atoms with van der Waals surface area (Å²) in [5, 5.41) is 0.660. The van der Waals surface area contributed by atoms with Crippen molar-refractivity contribution < 1.29 is 9.53 Å². The van der Waals surface area contributed by atoms with Gasteiger partial charge in [-0.3, -0.25) is 4.79 Å². The Hall–Kier alpha value is -1.32. The van der Waals surface area contributed by atoms with Crippen LogP contribution in [0, 0.1) is 0 Å². The van der Waals surface area contributed by atoms with Gasteiger partial charge in [-0.05, 0) is 30.3 Å². The van der Waals surface area contributed by atoms with E-state index in [0.29, 0.717) is 11.4 Å². The average Bonchev–Trinajstić information content (AvgIpc) is 2.88. The van der Waals surface area contributed by atoms with Gasteiger partial charge in [-0.2, -0.15) is 0 Å². The van der Waals surface area contributed by atoms with Crippen LogP contribution in [0.5, 0.6) is 5.75 Å². The van der Waals surface area contributed by atoms with Crippen LogP contribution in [0.3, 0.4) is 0 Å². The molecule has 0 spiro atoms. The molecule has 94 valence electrons. The van der Waals surface area contributed by atoms with Crippen molar-refractivity contribution in [3.63, 3.8) is 0 Å². The third kappa shape index (κ3) is 2.57. The van der Waals surface area contributed by atoms with Gasteiger partial charge >= 0.3 is 0 Å². The van der Waals surface area contributed by atoms with Crippen molar-refractivity contribution in [1.29, 1.82) is 0 Å². The summed E-state index contributed by atoms with van der Waals surface area (Å²) in [5.74, 6) is 0.913. The maximum Gasteiger partial charge on any atom is 0.172 e. The van der Waals surface area contributed by atoms with Gasteiger partial charge in [0.25, 0.3) is 0 Å². The van der Waals surface area contributed by atoms with E-state index < -0.39 is 0 Å². The van der Waals surface area contributed by atoms with E-state index >= 15 is 0 Å². The topological polar surface area (TPSA) is 26.3 Å². The van der Waals surface area contributed by atoms with Crippen LogP contribution in [0.15, 0.2) is 30.3 Å². The zero-order valence-corrected chi connectivity index (χ0v) is 11.8. The summed E-state index contributed by atoms with van der Waals surface area (Å²) in [6.45, 7) is 1.86. The van der Waals surface area contributed by atoms with Crippen molar-refractivity contribution in [3.8, 4) is 16.2 Å². The van der Waals surface area contributed by atoms with E-state index in [2.05, 4.69) is 0 Å². The van der Waals surface area contributed by atoms with Gasteiger partial charge in [-0.1, -0.05) is 18.5 Å². The molecular formula is C14H13ClO2S. The minimum atomic E-state index is 0.158. The van der Waals surface area contributed by atoms with Gasteiger partial charge in [0.15, 0.2) is 5.78 Å². The number of benzene rings is 1. The lowest BCUT2D eigenvalue weighted by atomic mass is 10.2. The van der Waals surface area contributed by atoms with Gasteiger partial charge in [0, 0.05) is 21.9 Å². The van der Waals surface area contributed by atoms with Crippen molar-refractivity contribution >= 4 is 28.7 Å². The summed E-state index contributed by atoms with van der Waals surface area (Å²) in [7, 11) is 1.62. The first-order valence-corrected chi connectivity index (χ1v) is 6.82. The maximum atomic E-state index is 11.6. The van der Waals surface area contributed by atoms with Gasteiger partial charge in [0.05, 0.1) is 12.0 Å². The third-order valence-corrected chi connectivity index (χ3v) is 4.13. The number of ketones is 1. The molecule has 2 nitrogen and oxygen atoms in total. The molecule has 0 radical (unpaired) electrons. The molecule has 1 aromatic heterocycles. The number of rotatable bonds is 4. The van der Waals surface area contributed by atoms with E-state index in [0.717, 1.165) is 21.1 Å². The number of ether oxygens (including phenoxy) is 1. The Morgan fingerprint density at radius 2 is 2.11 bits per heavy atom. The molecule has 2 aromatic rings. The molecule has 0 unspecified atom stereocenters. The van der Waals surface area contributed by atoms with Gasteiger partial charge in [-0.25, -0.2) is 0 Å². The fraction of sp³-hybridized carbons (Fsp3) is 0.214. The van der Waals surface area contributed by atoms with Crippen LogP contribution in [0.2, 0.25) is 5.02 Å². The lowest BCUT2D eigenvalue weighted by molar-refractivity contribution is 0.0992. The predicted molar refractivity (Wildman–Crippen MR) is 75.9 cm³/mol. The Labute approximate surface area is 115 Å². The molecule has 0 aliphatic rings. The van der Waals surface area contributed by atoms with Crippen LogP contribution in [-0.4, -0.2) is 12.9 Å². The summed E-state index contributed by atoms with van der Waals surface area (Å²) in [4.78, 5) is 13.4. The molecule has 0 bridgehead atoms. The van der Waals surface area contributed by atoms with E-state index in [-0.39, 0.29) is 5.78 Å². The largest absolute Gasteiger partial charge is 0.497 e. The Morgan fingerprint density at radius 3 is 2.78 bits per heavy atom. The number of hydrogen-bond donors (Lipinski definition) is 0. The molecular weight excluding hydrogens is 268 g/mol. The summed E-state index contributed by atoms with van der Waals surface area (Å²) >= 11 is 7.64. The third-order valence-electron chi connectivity index (χ3n) is 2.64. The van der Waals surface area contributed by atoms with Crippen molar-refractivity contribution in [2.45, 2.75) is 13.3 Å². The molecule has 18 heavy (non-hydrogen) atoms. The second-order valence-electron chi connectivity index (χ2n) is 3.79. The quantitative estimate of drug-likeness (QED) is 0.761. The first-order chi connectivity index (χ1) is 8.65. The number of carbonyl (C=O) groups is 1. The summed E-state index contributed by atoms with van der Waals surface area (Å²) in [6.07, 6.45) is 0.520. The normalized spacial score (nSPS) is 10.4. The van der Waals surface area contributed by atoms with E-state index in [1.807, 2.05) is 31.2 Å². The lowest BCUT2D eigenvalue weighted by Gasteiger charge is -2.04. The molecule has 0 fully saturated rings. The highest BCUT2D eigenvalue weighted by molar-refractivity contribution is 7.17. The Balaban J connectivity index is 2.42. The smallest absolute Gasteiger partial charge is 0.172 e. The van der Waals surface area contributed by atoms with E-state index in [9.17, 15) is 4.79 Å². The predicted octanol–water partition coefficient (Wildman–Crippen LogP) is 4.67. The van der Waals surface area contributed by atoms with Crippen LogP contribution in [-0.2, 0) is 0 Å². The minimum absolute atomic E-state index is 0.158. The van der Waals surface area contributed by atoms with Gasteiger partial charge in [0.1, 0.15) is 5.75 Å². The van der Waals surface area contributed by atoms with Crippen LogP contribution < -0.4 is 4.74 Å². The number of Topliss-reactive ketones (excluding diaryl/α,β-unsaturated/α-hetero) is 1. The monoisotopic (exact) mass is 280 g/mol. The van der Waals surface area contributed by atoms with Gasteiger partial charge in [-0.15, -0.1) is 11.3 Å². The SMILES string of the molecule is CCC(=O)c1ccc(-c2cc(OC)ccc2Cl)s1. The highest BCUT2D eigenvalue weighted by Crippen LogP contribution is 2.36. The fourth-order valence-electron chi connectivity index (χ4n) is 1.63. The fourth-order valence-corrected chi connectivity index (χ4v) is 2.95. The molecule has 0 atom stereocenters. The zero-order valence-electron chi connectivity index (χ0n) is 10.2. The number of halogens is 1. The highest BCUT2D eigenvalue weighted by atomic mass is 35.5. The molecule has 1 heterocycles. The summed E-state index contributed by atoms with van der Waals surface area (Å²) in [5.41, 5.74) is 0.899. The van der Waals surface area contributed by atoms with Crippen LogP contribution in [0.4, 0.5) is 0 Å². The number of carbonyl (C=O) groups excluding carboxylic acids is 1. The molecule has 2 rings (SSSR count). The first-order valence-electron chi connectivity index (χ1n) is 5.62. The molecule has 4 heteroatoms. The molecule has 0 saturated carbocycles. The van der Waals surface area contributed by atoms with E-state index in [1.165, 1.54) is 11.3 Å². The number of methoxy groups -OCH3 is 1. The van der Waals surface area contributed by atoms with Crippen LogP contribution in [0.25, 0.3) is 10.4 Å². The molecule has 0 aliphatic heterocycles. The first kappa shape index (κ1) is 13.1. The van der Waals surface area contributed by atoms with Gasteiger partial charge in [0.2, 0.25) is 0 Å². The Kier molecular flexibility index (Phi) is 4.04. The second-order valence-corrected chi connectivity index (χ2v) is 5.28. The van der Waals surface area contributed by atoms with Crippen molar-refractivity contribution in [2.24, 2.45) is 0 Å². The second kappa shape index (κ2) is 5.55. The molecule has 1 aromatic carbocycles. The van der Waals surface area contributed by atoms with Crippen molar-refractivity contribution in [1.82, 2.24) is 0 Å². The molecule has 0 N–H and O–H groups in total. The number of thiophene rings is 1. The van der Waals surface area contributed by atoms with Crippen LogP contribution >= 0.6 is 22.9 Å². The van der Waals surface area contributed by atoms with Crippen molar-refractivity contribution in [3.05, 3.63) is 40.2 Å². The summed E-state index contributed by atoms with van der Waals surface area (Å²) in [6, 6.07) is 9.28. The standard InChI is InChI=1S/C14H13ClO2S/c1-3-12(16)14-7-6-13(18-14)10-8-9(17-2)4-5-11(10)15/h4-8H,3H2,1-2H3. The van der Waals surface area contributed by atoms with E-state index in [4.69, 9.17) is 16.3 Å². The maximum absolute atomic E-state index is 11.6. The lowest BCUT2D eigenvalue weighted by Crippen LogP contribution is -1.90. The Bertz CT molecular complexity index is 575. The van der Waals surface area contributed by atoms with Crippen LogP contribution in [0.1, 0.15) is 23.0 Å². The molecule has 0 amide bonds. The average molecular weight is 281 g/mol. The van der Waals surface area contributed by atoms with Gasteiger partial charge < -0.3 is 4.74 Å². The summed E-state index contributed by atoms with van der Waals surface area (Å²) < 4.78 is 5.19.